The van der Waals surface area contributed by atoms with Crippen LogP contribution in [-0.4, -0.2) is 36.0 Å². The Morgan fingerprint density at radius 3 is 2.41 bits per heavy atom. The molecule has 0 aliphatic heterocycles. The Morgan fingerprint density at radius 2 is 1.94 bits per heavy atom. The van der Waals surface area contributed by atoms with Crippen LogP contribution in [0.3, 0.4) is 0 Å². The van der Waals surface area contributed by atoms with Crippen molar-refractivity contribution in [2.75, 3.05) is 13.2 Å². The average Bonchev–Trinajstić information content (AvgIpc) is 2.28. The van der Waals surface area contributed by atoms with E-state index in [0.717, 1.165) is 38.8 Å². The quantitative estimate of drug-likeness (QED) is 0.582. The van der Waals surface area contributed by atoms with E-state index in [1.54, 1.807) is 0 Å². The number of nitrogens with one attached hydrogen (secondary N) is 1. The molecule has 0 fully saturated rings. The van der Waals surface area contributed by atoms with Gasteiger partial charge in [0.2, 0.25) is 0 Å². The van der Waals surface area contributed by atoms with Gasteiger partial charge in [0, 0.05) is 12.6 Å². The van der Waals surface area contributed by atoms with Crippen LogP contribution in [-0.2, 0) is 4.74 Å². The number of aliphatic hydroxyl groups is 1. The molecular formula is C14H31NO2. The number of aliphatic hydroxyl groups excluding tert-OH is 1. The van der Waals surface area contributed by atoms with E-state index in [0.29, 0.717) is 6.04 Å². The van der Waals surface area contributed by atoms with Gasteiger partial charge in [-0.2, -0.15) is 0 Å². The summed E-state index contributed by atoms with van der Waals surface area (Å²) in [5.74, 6) is 0. The van der Waals surface area contributed by atoms with E-state index >= 15 is 0 Å². The molecule has 2 atom stereocenters. The second-order valence-electron chi connectivity index (χ2n) is 5.28. The van der Waals surface area contributed by atoms with E-state index in [-0.39, 0.29) is 0 Å². The van der Waals surface area contributed by atoms with Crippen molar-refractivity contribution >= 4 is 0 Å². The van der Waals surface area contributed by atoms with E-state index < -0.39 is 11.7 Å². The first-order chi connectivity index (χ1) is 7.96. The van der Waals surface area contributed by atoms with Gasteiger partial charge in [0.25, 0.3) is 0 Å². The molecule has 0 aliphatic rings. The fourth-order valence-electron chi connectivity index (χ4n) is 1.70. The Kier molecular flexibility index (Phi) is 8.83. The second-order valence-corrected chi connectivity index (χ2v) is 5.28. The molecule has 2 unspecified atom stereocenters. The van der Waals surface area contributed by atoms with Crippen LogP contribution in [0, 0.1) is 0 Å². The van der Waals surface area contributed by atoms with Crippen molar-refractivity contribution in [2.24, 2.45) is 0 Å². The molecule has 0 saturated heterocycles. The highest BCUT2D eigenvalue weighted by Gasteiger charge is 2.31. The molecule has 3 heteroatoms. The fourth-order valence-corrected chi connectivity index (χ4v) is 1.70. The van der Waals surface area contributed by atoms with Crippen molar-refractivity contribution in [2.45, 2.75) is 78.0 Å². The molecule has 0 spiro atoms. The van der Waals surface area contributed by atoms with Crippen LogP contribution in [0.5, 0.6) is 0 Å². The SMILES string of the molecule is CCCCOC(C)(CC)C(O)CCNC(C)C. The van der Waals surface area contributed by atoms with Crippen LogP contribution in [0.1, 0.15) is 60.3 Å². The topological polar surface area (TPSA) is 41.5 Å². The molecule has 0 radical (unpaired) electrons. The Labute approximate surface area is 107 Å². The maximum Gasteiger partial charge on any atom is 0.0910 e. The van der Waals surface area contributed by atoms with Crippen molar-refractivity contribution in [1.82, 2.24) is 5.32 Å². The van der Waals surface area contributed by atoms with Gasteiger partial charge in [-0.1, -0.05) is 34.1 Å². The lowest BCUT2D eigenvalue weighted by atomic mass is 9.93. The molecule has 0 heterocycles. The number of hydrogen-bond donors (Lipinski definition) is 2. The van der Waals surface area contributed by atoms with Crippen LogP contribution in [0.15, 0.2) is 0 Å². The second kappa shape index (κ2) is 8.90. The van der Waals surface area contributed by atoms with Crippen LogP contribution >= 0.6 is 0 Å². The zero-order valence-corrected chi connectivity index (χ0v) is 12.3. The molecule has 0 rings (SSSR count). The Morgan fingerprint density at radius 1 is 1.29 bits per heavy atom. The summed E-state index contributed by atoms with van der Waals surface area (Å²) in [6.07, 6.45) is 3.39. The molecule has 2 N–H and O–H groups in total. The lowest BCUT2D eigenvalue weighted by molar-refractivity contribution is -0.117. The molecular weight excluding hydrogens is 214 g/mol. The average molecular weight is 245 g/mol. The summed E-state index contributed by atoms with van der Waals surface area (Å²) in [6.45, 7) is 12.1. The summed E-state index contributed by atoms with van der Waals surface area (Å²) in [7, 11) is 0. The Hall–Kier alpha value is -0.120. The van der Waals surface area contributed by atoms with Gasteiger partial charge in [0.15, 0.2) is 0 Å². The fraction of sp³-hybridized carbons (Fsp3) is 1.00. The molecule has 0 bridgehead atoms. The summed E-state index contributed by atoms with van der Waals surface area (Å²) < 4.78 is 5.86. The van der Waals surface area contributed by atoms with Gasteiger partial charge < -0.3 is 15.2 Å². The molecule has 0 aromatic heterocycles. The van der Waals surface area contributed by atoms with E-state index in [2.05, 4.69) is 33.0 Å². The highest BCUT2D eigenvalue weighted by molar-refractivity contribution is 4.83. The first kappa shape index (κ1) is 16.9. The largest absolute Gasteiger partial charge is 0.390 e. The molecule has 104 valence electrons. The first-order valence-electron chi connectivity index (χ1n) is 7.01. The predicted octanol–water partition coefficient (Wildman–Crippen LogP) is 2.72. The van der Waals surface area contributed by atoms with Crippen LogP contribution in [0.4, 0.5) is 0 Å². The van der Waals surface area contributed by atoms with Crippen LogP contribution in [0.25, 0.3) is 0 Å². The van der Waals surface area contributed by atoms with E-state index in [9.17, 15) is 5.11 Å². The van der Waals surface area contributed by atoms with Gasteiger partial charge in [0.1, 0.15) is 0 Å². The molecule has 17 heavy (non-hydrogen) atoms. The van der Waals surface area contributed by atoms with E-state index in [1.807, 2.05) is 6.92 Å². The highest BCUT2D eigenvalue weighted by atomic mass is 16.5. The summed E-state index contributed by atoms with van der Waals surface area (Å²) in [4.78, 5) is 0. The highest BCUT2D eigenvalue weighted by Crippen LogP contribution is 2.22. The number of rotatable bonds is 10. The summed E-state index contributed by atoms with van der Waals surface area (Å²) in [5.41, 5.74) is -0.395. The number of ether oxygens (including phenoxy) is 1. The van der Waals surface area contributed by atoms with E-state index in [4.69, 9.17) is 4.74 Å². The van der Waals surface area contributed by atoms with Gasteiger partial charge in [-0.3, -0.25) is 0 Å². The zero-order valence-electron chi connectivity index (χ0n) is 12.3. The lowest BCUT2D eigenvalue weighted by Crippen LogP contribution is -2.43. The number of hydrogen-bond acceptors (Lipinski definition) is 3. The molecule has 0 aromatic rings. The third kappa shape index (κ3) is 7.02. The van der Waals surface area contributed by atoms with Crippen molar-refractivity contribution in [1.29, 1.82) is 0 Å². The predicted molar refractivity (Wildman–Crippen MR) is 73.3 cm³/mol. The Bertz CT molecular complexity index is 185. The first-order valence-corrected chi connectivity index (χ1v) is 7.01. The maximum absolute atomic E-state index is 10.2. The molecule has 0 amide bonds. The van der Waals surface area contributed by atoms with Gasteiger partial charge in [-0.15, -0.1) is 0 Å². The minimum Gasteiger partial charge on any atom is -0.390 e. The third-order valence-electron chi connectivity index (χ3n) is 3.31. The smallest absolute Gasteiger partial charge is 0.0910 e. The minimum absolute atomic E-state index is 0.393. The van der Waals surface area contributed by atoms with Gasteiger partial charge >= 0.3 is 0 Å². The van der Waals surface area contributed by atoms with Crippen molar-refractivity contribution in [3.8, 4) is 0 Å². The van der Waals surface area contributed by atoms with Crippen LogP contribution in [0.2, 0.25) is 0 Å². The zero-order chi connectivity index (χ0) is 13.3. The van der Waals surface area contributed by atoms with Crippen molar-refractivity contribution in [3.05, 3.63) is 0 Å². The normalized spacial score (nSPS) is 17.1. The van der Waals surface area contributed by atoms with Gasteiger partial charge in [0.05, 0.1) is 11.7 Å². The monoisotopic (exact) mass is 245 g/mol. The third-order valence-corrected chi connectivity index (χ3v) is 3.31. The lowest BCUT2D eigenvalue weighted by Gasteiger charge is -2.34. The van der Waals surface area contributed by atoms with Gasteiger partial charge in [-0.25, -0.2) is 0 Å². The molecule has 0 saturated carbocycles. The molecule has 0 aliphatic carbocycles. The van der Waals surface area contributed by atoms with E-state index in [1.165, 1.54) is 0 Å². The van der Waals surface area contributed by atoms with Gasteiger partial charge in [-0.05, 0) is 32.7 Å². The summed E-state index contributed by atoms with van der Waals surface area (Å²) in [5, 5.41) is 13.5. The van der Waals surface area contributed by atoms with Crippen molar-refractivity contribution < 1.29 is 9.84 Å². The summed E-state index contributed by atoms with van der Waals surface area (Å²) >= 11 is 0. The minimum atomic E-state index is -0.395. The maximum atomic E-state index is 10.2. The molecule has 0 aromatic carbocycles. The standard InChI is InChI=1S/C14H31NO2/c1-6-8-11-17-14(5,7-2)13(16)9-10-15-12(3)4/h12-13,15-16H,6-11H2,1-5H3. The van der Waals surface area contributed by atoms with Crippen molar-refractivity contribution in [3.63, 3.8) is 0 Å². The summed E-state index contributed by atoms with van der Waals surface area (Å²) in [6, 6.07) is 0.469. The number of unbranched alkanes of at least 4 members (excludes halogenated alkanes) is 1. The Balaban J connectivity index is 4.02. The van der Waals surface area contributed by atoms with Crippen LogP contribution < -0.4 is 5.32 Å². The molecule has 3 nitrogen and oxygen atoms in total.